The number of nitrogens with zero attached hydrogens (tertiary/aromatic N) is 3. The van der Waals surface area contributed by atoms with E-state index in [2.05, 4.69) is 84.9 Å². The predicted molar refractivity (Wildman–Crippen MR) is 194 cm³/mol. The molecule has 0 spiro atoms. The molecule has 0 N–H and O–H groups in total. The van der Waals surface area contributed by atoms with Crippen molar-refractivity contribution in [1.82, 2.24) is 15.0 Å². The van der Waals surface area contributed by atoms with E-state index in [1.54, 1.807) is 0 Å². The Balaban J connectivity index is 1.30. The van der Waals surface area contributed by atoms with Gasteiger partial charge in [-0.15, -0.1) is 0 Å². The zero-order valence-electron chi connectivity index (χ0n) is 25.6. The Hall–Kier alpha value is -6.59. The Bertz CT molecular complexity index is 2850. The molecule has 0 amide bonds. The zero-order chi connectivity index (χ0) is 31.6. The molecule has 0 saturated carbocycles. The van der Waals surface area contributed by atoms with E-state index in [-0.39, 0.29) is 0 Å². The van der Waals surface area contributed by atoms with Gasteiger partial charge in [0.15, 0.2) is 17.5 Å². The van der Waals surface area contributed by atoms with E-state index >= 15 is 0 Å². The largest absolute Gasteiger partial charge is 0.456 e. The van der Waals surface area contributed by atoms with Crippen LogP contribution in [0.15, 0.2) is 160 Å². The van der Waals surface area contributed by atoms with Crippen LogP contribution in [0.5, 0.6) is 0 Å². The van der Waals surface area contributed by atoms with Gasteiger partial charge in [0.25, 0.3) is 0 Å². The molecule has 0 fully saturated rings. The maximum absolute atomic E-state index is 6.41. The summed E-state index contributed by atoms with van der Waals surface area (Å²) >= 11 is 0. The first-order chi connectivity index (χ1) is 23.8. The first-order valence-corrected chi connectivity index (χ1v) is 15.9. The highest BCUT2D eigenvalue weighted by Crippen LogP contribution is 2.43. The fraction of sp³-hybridized carbons (Fsp3) is 0. The van der Waals surface area contributed by atoms with Gasteiger partial charge < -0.3 is 8.83 Å². The minimum absolute atomic E-state index is 0.580. The van der Waals surface area contributed by atoms with Crippen LogP contribution in [0.1, 0.15) is 0 Å². The summed E-state index contributed by atoms with van der Waals surface area (Å²) in [5.41, 5.74) is 8.07. The highest BCUT2D eigenvalue weighted by atomic mass is 16.3. The van der Waals surface area contributed by atoms with Crippen molar-refractivity contribution in [1.29, 1.82) is 0 Å². The van der Waals surface area contributed by atoms with E-state index in [1.807, 2.05) is 66.7 Å². The molecule has 7 aromatic carbocycles. The smallest absolute Gasteiger partial charge is 0.165 e. The summed E-state index contributed by atoms with van der Waals surface area (Å²) in [5.74, 6) is 1.80. The molecular formula is C43H25N3O2. The second-order valence-corrected chi connectivity index (χ2v) is 12.0. The predicted octanol–water partition coefficient (Wildman–Crippen LogP) is 11.5. The van der Waals surface area contributed by atoms with Crippen LogP contribution in [0.3, 0.4) is 0 Å². The van der Waals surface area contributed by atoms with Gasteiger partial charge in [-0.2, -0.15) is 0 Å². The molecule has 3 heterocycles. The molecule has 10 rings (SSSR count). The summed E-state index contributed by atoms with van der Waals surface area (Å²) in [7, 11) is 0. The number of rotatable bonds is 4. The molecule has 0 aliphatic carbocycles. The van der Waals surface area contributed by atoms with Crippen molar-refractivity contribution in [2.75, 3.05) is 0 Å². The molecular weight excluding hydrogens is 590 g/mol. The third-order valence-corrected chi connectivity index (χ3v) is 9.13. The quantitative estimate of drug-likeness (QED) is 0.197. The molecule has 0 aliphatic rings. The summed E-state index contributed by atoms with van der Waals surface area (Å²) in [6.07, 6.45) is 0. The molecule has 0 radical (unpaired) electrons. The maximum Gasteiger partial charge on any atom is 0.165 e. The number of para-hydroxylation sites is 2. The lowest BCUT2D eigenvalue weighted by atomic mass is 9.93. The normalized spacial score (nSPS) is 11.8. The molecule has 0 saturated heterocycles. The minimum atomic E-state index is 0.580. The SMILES string of the molecule is c1ccc(-c2nc(-c3ccc4ccccc4c3)nc(-c3c(-c4ccc5oc6ccccc6c5c4)ccc4oc5ccccc5c34)n2)cc1. The summed E-state index contributed by atoms with van der Waals surface area (Å²) in [6, 6.07) is 51.6. The first-order valence-electron chi connectivity index (χ1n) is 15.9. The highest BCUT2D eigenvalue weighted by Gasteiger charge is 2.22. The summed E-state index contributed by atoms with van der Waals surface area (Å²) in [4.78, 5) is 15.5. The Kier molecular flexibility index (Phi) is 5.81. The van der Waals surface area contributed by atoms with E-state index in [0.29, 0.717) is 17.5 Å². The molecule has 5 heteroatoms. The van der Waals surface area contributed by atoms with Crippen molar-refractivity contribution in [3.8, 4) is 45.3 Å². The molecule has 0 aliphatic heterocycles. The molecule has 5 nitrogen and oxygen atoms in total. The first kappa shape index (κ1) is 26.6. The van der Waals surface area contributed by atoms with E-state index < -0.39 is 0 Å². The standard InChI is InChI=1S/C43H25N3O2/c1-2-11-27(12-3-1)41-44-42(30-19-18-26-10-4-5-13-28(26)24-30)46-43(45-41)40-31(21-23-38-39(40)33-15-7-9-17-36(33)48-38)29-20-22-37-34(25-29)32-14-6-8-16-35(32)47-37/h1-25H. The number of hydrogen-bond acceptors (Lipinski definition) is 5. The Morgan fingerprint density at radius 3 is 1.81 bits per heavy atom. The van der Waals surface area contributed by atoms with Crippen molar-refractivity contribution in [3.63, 3.8) is 0 Å². The molecule has 0 unspecified atom stereocenters. The van der Waals surface area contributed by atoms with Crippen LogP contribution in [-0.2, 0) is 0 Å². The highest BCUT2D eigenvalue weighted by molar-refractivity contribution is 6.16. The molecule has 224 valence electrons. The van der Waals surface area contributed by atoms with Gasteiger partial charge in [-0.3, -0.25) is 0 Å². The van der Waals surface area contributed by atoms with Gasteiger partial charge in [-0.05, 0) is 64.4 Å². The van der Waals surface area contributed by atoms with Crippen molar-refractivity contribution < 1.29 is 8.83 Å². The van der Waals surface area contributed by atoms with E-state index in [0.717, 1.165) is 82.5 Å². The lowest BCUT2D eigenvalue weighted by Crippen LogP contribution is -2.01. The van der Waals surface area contributed by atoms with Gasteiger partial charge in [0.1, 0.15) is 22.3 Å². The molecule has 48 heavy (non-hydrogen) atoms. The topological polar surface area (TPSA) is 65.0 Å². The van der Waals surface area contributed by atoms with Gasteiger partial charge in [-0.25, -0.2) is 15.0 Å². The number of aromatic nitrogens is 3. The molecule has 0 bridgehead atoms. The van der Waals surface area contributed by atoms with Crippen molar-refractivity contribution in [2.45, 2.75) is 0 Å². The lowest BCUT2D eigenvalue weighted by molar-refractivity contribution is 0.668. The van der Waals surface area contributed by atoms with Crippen LogP contribution in [0.4, 0.5) is 0 Å². The van der Waals surface area contributed by atoms with Crippen LogP contribution in [0.25, 0.3) is 99.9 Å². The Morgan fingerprint density at radius 1 is 0.354 bits per heavy atom. The monoisotopic (exact) mass is 615 g/mol. The fourth-order valence-electron chi connectivity index (χ4n) is 6.84. The summed E-state index contributed by atoms with van der Waals surface area (Å²) in [5, 5.41) is 6.41. The third kappa shape index (κ3) is 4.22. The van der Waals surface area contributed by atoms with Crippen LogP contribution >= 0.6 is 0 Å². The van der Waals surface area contributed by atoms with Crippen LogP contribution < -0.4 is 0 Å². The number of hydrogen-bond donors (Lipinski definition) is 0. The van der Waals surface area contributed by atoms with E-state index in [4.69, 9.17) is 23.8 Å². The lowest BCUT2D eigenvalue weighted by Gasteiger charge is -2.14. The van der Waals surface area contributed by atoms with Crippen molar-refractivity contribution in [3.05, 3.63) is 152 Å². The molecule has 10 aromatic rings. The van der Waals surface area contributed by atoms with E-state index in [1.165, 1.54) is 0 Å². The summed E-state index contributed by atoms with van der Waals surface area (Å²) < 4.78 is 12.6. The fourth-order valence-corrected chi connectivity index (χ4v) is 6.84. The second kappa shape index (κ2) is 10.5. The van der Waals surface area contributed by atoms with Crippen molar-refractivity contribution in [2.24, 2.45) is 0 Å². The second-order valence-electron chi connectivity index (χ2n) is 12.0. The number of furan rings is 2. The van der Waals surface area contributed by atoms with Crippen molar-refractivity contribution >= 4 is 54.6 Å². The van der Waals surface area contributed by atoms with Gasteiger partial charge >= 0.3 is 0 Å². The molecule has 3 aromatic heterocycles. The third-order valence-electron chi connectivity index (χ3n) is 9.13. The maximum atomic E-state index is 6.41. The summed E-state index contributed by atoms with van der Waals surface area (Å²) in [6.45, 7) is 0. The Labute approximate surface area is 274 Å². The zero-order valence-corrected chi connectivity index (χ0v) is 25.6. The average Bonchev–Trinajstić information content (AvgIpc) is 3.72. The van der Waals surface area contributed by atoms with Gasteiger partial charge in [0.2, 0.25) is 0 Å². The van der Waals surface area contributed by atoms with E-state index in [9.17, 15) is 0 Å². The molecule has 0 atom stereocenters. The van der Waals surface area contributed by atoms with Gasteiger partial charge in [0, 0.05) is 38.2 Å². The number of fused-ring (bicyclic) bond motifs is 7. The minimum Gasteiger partial charge on any atom is -0.456 e. The van der Waals surface area contributed by atoms with Crippen LogP contribution in [-0.4, -0.2) is 15.0 Å². The van der Waals surface area contributed by atoms with Crippen LogP contribution in [0, 0.1) is 0 Å². The number of benzene rings is 7. The van der Waals surface area contributed by atoms with Gasteiger partial charge in [0.05, 0.1) is 0 Å². The Morgan fingerprint density at radius 2 is 0.958 bits per heavy atom. The van der Waals surface area contributed by atoms with Crippen LogP contribution in [0.2, 0.25) is 0 Å². The van der Waals surface area contributed by atoms with Gasteiger partial charge in [-0.1, -0.05) is 109 Å². The average molecular weight is 616 g/mol.